The Hall–Kier alpha value is -2.16. The third-order valence-electron chi connectivity index (χ3n) is 1.96. The van der Waals surface area contributed by atoms with Crippen LogP contribution in [0.4, 0.5) is 14.5 Å². The Balaban J connectivity index is 2.28. The second kappa shape index (κ2) is 4.61. The fourth-order valence-corrected chi connectivity index (χ4v) is 2.10. The predicted molar refractivity (Wildman–Crippen MR) is 61.5 cm³/mol. The summed E-state index contributed by atoms with van der Waals surface area (Å²) in [6, 6.07) is 3.00. The number of halogens is 2. The van der Waals surface area contributed by atoms with E-state index in [1.807, 2.05) is 0 Å². The van der Waals surface area contributed by atoms with E-state index in [0.717, 1.165) is 18.2 Å². The summed E-state index contributed by atoms with van der Waals surface area (Å²) in [6.45, 7) is 0. The summed E-state index contributed by atoms with van der Waals surface area (Å²) in [6.07, 6.45) is 3.95. The molecule has 0 aromatic heterocycles. The molecular formula is C9H8F2N4O2S. The summed E-state index contributed by atoms with van der Waals surface area (Å²) in [7, 11) is -4.24. The van der Waals surface area contributed by atoms with Crippen molar-refractivity contribution in [1.82, 2.24) is 9.95 Å². The lowest BCUT2D eigenvalue weighted by Crippen LogP contribution is -2.40. The third kappa shape index (κ3) is 2.40. The van der Waals surface area contributed by atoms with Gasteiger partial charge in [0, 0.05) is 6.20 Å². The number of nitrogens with one attached hydrogen (secondary N) is 2. The fraction of sp³-hybridized carbons (Fsp3) is 0. The number of hydrogen-bond donors (Lipinski definition) is 2. The topological polar surface area (TPSA) is 73.8 Å². The molecule has 0 unspecified atom stereocenters. The minimum absolute atomic E-state index is 0.443. The van der Waals surface area contributed by atoms with Crippen LogP contribution in [0.25, 0.3) is 0 Å². The molecule has 2 rings (SSSR count). The Bertz CT molecular complexity index is 595. The summed E-state index contributed by atoms with van der Waals surface area (Å²) in [5.41, 5.74) is 1.52. The normalized spacial score (nSPS) is 14.4. The van der Waals surface area contributed by atoms with Crippen molar-refractivity contribution in [1.29, 1.82) is 0 Å². The highest BCUT2D eigenvalue weighted by atomic mass is 32.2. The largest absolute Gasteiger partial charge is 0.357 e. The first-order valence-electron chi connectivity index (χ1n) is 4.73. The number of benzene rings is 1. The highest BCUT2D eigenvalue weighted by Gasteiger charge is 2.23. The van der Waals surface area contributed by atoms with Gasteiger partial charge in [-0.2, -0.15) is 8.42 Å². The van der Waals surface area contributed by atoms with Gasteiger partial charge in [0.25, 0.3) is 0 Å². The van der Waals surface area contributed by atoms with Crippen LogP contribution in [0.15, 0.2) is 35.6 Å². The van der Waals surface area contributed by atoms with Gasteiger partial charge < -0.3 is 0 Å². The number of anilines is 1. The molecule has 9 heteroatoms. The van der Waals surface area contributed by atoms with E-state index in [9.17, 15) is 17.2 Å². The third-order valence-corrected chi connectivity index (χ3v) is 3.08. The summed E-state index contributed by atoms with van der Waals surface area (Å²) in [5.74, 6) is -2.04. The molecule has 0 atom stereocenters. The van der Waals surface area contributed by atoms with Crippen LogP contribution < -0.4 is 10.1 Å². The minimum Gasteiger partial charge on any atom is -0.274 e. The molecule has 0 aliphatic carbocycles. The van der Waals surface area contributed by atoms with Gasteiger partial charge in [-0.3, -0.25) is 10.1 Å². The lowest BCUT2D eigenvalue weighted by molar-refractivity contribution is 0.379. The first-order valence-corrected chi connectivity index (χ1v) is 6.17. The van der Waals surface area contributed by atoms with Gasteiger partial charge in [0.2, 0.25) is 0 Å². The van der Waals surface area contributed by atoms with E-state index >= 15 is 0 Å². The maximum atomic E-state index is 13.3. The standard InChI is InChI=1S/C9H8F2N4O2S/c10-7-3-1-4-8(11)9(7)14-18(16,17)15-12-5-2-6-13-15/h1-6,12,14H. The van der Waals surface area contributed by atoms with Gasteiger partial charge in [-0.1, -0.05) is 10.6 Å². The van der Waals surface area contributed by atoms with Crippen molar-refractivity contribution >= 4 is 22.1 Å². The van der Waals surface area contributed by atoms with Crippen LogP contribution in [0.1, 0.15) is 0 Å². The minimum atomic E-state index is -4.24. The van der Waals surface area contributed by atoms with Crippen LogP contribution >= 0.6 is 0 Å². The Morgan fingerprint density at radius 1 is 1.28 bits per heavy atom. The van der Waals surface area contributed by atoms with Crippen molar-refractivity contribution < 1.29 is 17.2 Å². The fourth-order valence-electron chi connectivity index (χ4n) is 1.18. The average molecular weight is 274 g/mol. The SMILES string of the molecule is O=S(=O)(Nc1c(F)cccc1F)N1N=CC=CN1. The molecule has 0 amide bonds. The Labute approximate surface area is 102 Å². The highest BCUT2D eigenvalue weighted by molar-refractivity contribution is 7.90. The van der Waals surface area contributed by atoms with E-state index in [2.05, 4.69) is 10.5 Å². The van der Waals surface area contributed by atoms with Crippen molar-refractivity contribution in [2.45, 2.75) is 0 Å². The number of hydrogen-bond acceptors (Lipinski definition) is 4. The zero-order chi connectivity index (χ0) is 13.2. The van der Waals surface area contributed by atoms with E-state index in [-0.39, 0.29) is 0 Å². The van der Waals surface area contributed by atoms with Gasteiger partial charge >= 0.3 is 10.2 Å². The molecular weight excluding hydrogens is 266 g/mol. The quantitative estimate of drug-likeness (QED) is 0.861. The molecule has 1 heterocycles. The molecule has 2 N–H and O–H groups in total. The van der Waals surface area contributed by atoms with E-state index in [4.69, 9.17) is 0 Å². The zero-order valence-corrected chi connectivity index (χ0v) is 9.66. The van der Waals surface area contributed by atoms with E-state index < -0.39 is 27.5 Å². The van der Waals surface area contributed by atoms with Gasteiger partial charge in [0.05, 0.1) is 6.21 Å². The molecule has 0 spiro atoms. The monoisotopic (exact) mass is 274 g/mol. The number of hydrazone groups is 1. The van der Waals surface area contributed by atoms with E-state index in [0.29, 0.717) is 4.52 Å². The van der Waals surface area contributed by atoms with Gasteiger partial charge in [-0.15, -0.1) is 5.10 Å². The number of nitrogens with zero attached hydrogens (tertiary/aromatic N) is 2. The second-order valence-electron chi connectivity index (χ2n) is 3.20. The van der Waals surface area contributed by atoms with Crippen LogP contribution in [0, 0.1) is 11.6 Å². The van der Waals surface area contributed by atoms with Crippen LogP contribution in [-0.4, -0.2) is 19.2 Å². The van der Waals surface area contributed by atoms with Crippen molar-refractivity contribution in [3.8, 4) is 0 Å². The summed E-state index contributed by atoms with van der Waals surface area (Å²) in [4.78, 5) is 0. The molecule has 1 aliphatic heterocycles. The summed E-state index contributed by atoms with van der Waals surface area (Å²) in [5, 5.41) is 3.47. The number of rotatable bonds is 3. The molecule has 6 nitrogen and oxygen atoms in total. The lowest BCUT2D eigenvalue weighted by Gasteiger charge is -2.20. The molecule has 0 radical (unpaired) electrons. The molecule has 0 saturated heterocycles. The van der Waals surface area contributed by atoms with Crippen molar-refractivity contribution in [2.75, 3.05) is 4.72 Å². The molecule has 0 bridgehead atoms. The molecule has 1 aromatic carbocycles. The Morgan fingerprint density at radius 3 is 2.50 bits per heavy atom. The summed E-state index contributed by atoms with van der Waals surface area (Å²) >= 11 is 0. The van der Waals surface area contributed by atoms with Crippen LogP contribution in [0.2, 0.25) is 0 Å². The Morgan fingerprint density at radius 2 is 1.94 bits per heavy atom. The van der Waals surface area contributed by atoms with Crippen molar-refractivity contribution in [2.24, 2.45) is 5.10 Å². The van der Waals surface area contributed by atoms with Crippen LogP contribution in [0.5, 0.6) is 0 Å². The second-order valence-corrected chi connectivity index (χ2v) is 4.70. The zero-order valence-electron chi connectivity index (χ0n) is 8.84. The number of allylic oxidation sites excluding steroid dienone is 1. The van der Waals surface area contributed by atoms with Crippen molar-refractivity contribution in [3.63, 3.8) is 0 Å². The first-order chi connectivity index (χ1) is 8.50. The van der Waals surface area contributed by atoms with Gasteiger partial charge in [-0.25, -0.2) is 8.78 Å². The number of hydrazine groups is 1. The molecule has 1 aliphatic rings. The van der Waals surface area contributed by atoms with Gasteiger partial charge in [-0.05, 0) is 18.2 Å². The van der Waals surface area contributed by atoms with E-state index in [1.54, 1.807) is 4.72 Å². The lowest BCUT2D eigenvalue weighted by atomic mass is 10.3. The average Bonchev–Trinajstić information content (AvgIpc) is 2.35. The first kappa shape index (κ1) is 12.3. The maximum absolute atomic E-state index is 13.3. The maximum Gasteiger partial charge on any atom is 0.357 e. The van der Waals surface area contributed by atoms with Gasteiger partial charge in [0.1, 0.15) is 17.3 Å². The van der Waals surface area contributed by atoms with Crippen molar-refractivity contribution in [3.05, 3.63) is 42.1 Å². The molecule has 1 aromatic rings. The number of para-hydroxylation sites is 1. The Kier molecular flexibility index (Phi) is 3.15. The summed E-state index contributed by atoms with van der Waals surface area (Å²) < 4.78 is 52.2. The van der Waals surface area contributed by atoms with Crippen LogP contribution in [0.3, 0.4) is 0 Å². The molecule has 96 valence electrons. The van der Waals surface area contributed by atoms with Crippen LogP contribution in [-0.2, 0) is 10.2 Å². The predicted octanol–water partition coefficient (Wildman–Crippen LogP) is 0.941. The highest BCUT2D eigenvalue weighted by Crippen LogP contribution is 2.20. The molecule has 18 heavy (non-hydrogen) atoms. The molecule has 0 saturated carbocycles. The van der Waals surface area contributed by atoms with E-state index in [1.165, 1.54) is 18.5 Å². The molecule has 0 fully saturated rings. The van der Waals surface area contributed by atoms with Gasteiger partial charge in [0.15, 0.2) is 0 Å². The smallest absolute Gasteiger partial charge is 0.274 e.